The van der Waals surface area contributed by atoms with Crippen LogP contribution in [0.4, 0.5) is 0 Å². The van der Waals surface area contributed by atoms with Gasteiger partial charge in [0.05, 0.1) is 25.4 Å². The average Bonchev–Trinajstić information content (AvgIpc) is 2.85. The van der Waals surface area contributed by atoms with Crippen molar-refractivity contribution >= 4 is 5.91 Å². The van der Waals surface area contributed by atoms with Gasteiger partial charge in [-0.2, -0.15) is 0 Å². The number of allylic oxidation sites excluding steroid dienone is 1. The second-order valence-electron chi connectivity index (χ2n) is 9.49. The molecule has 9 heteroatoms. The highest BCUT2D eigenvalue weighted by molar-refractivity contribution is 5.76. The summed E-state index contributed by atoms with van der Waals surface area (Å²) in [4.78, 5) is 12.5. The first kappa shape index (κ1) is 32.0. The van der Waals surface area contributed by atoms with Crippen LogP contribution in [0.3, 0.4) is 0 Å². The highest BCUT2D eigenvalue weighted by atomic mass is 16.7. The van der Waals surface area contributed by atoms with Crippen LogP contribution in [0.1, 0.15) is 90.9 Å². The Labute approximate surface area is 210 Å². The molecule has 1 aliphatic rings. The van der Waals surface area contributed by atoms with E-state index in [1.807, 2.05) is 6.08 Å². The van der Waals surface area contributed by atoms with E-state index in [0.29, 0.717) is 6.42 Å². The summed E-state index contributed by atoms with van der Waals surface area (Å²) in [6.45, 7) is 3.54. The Bertz CT molecular complexity index is 574. The molecule has 7 atom stereocenters. The van der Waals surface area contributed by atoms with Crippen LogP contribution in [0, 0.1) is 0 Å². The number of hydrogen-bond donors (Lipinski definition) is 6. The van der Waals surface area contributed by atoms with Crippen molar-refractivity contribution in [2.75, 3.05) is 13.2 Å². The summed E-state index contributed by atoms with van der Waals surface area (Å²) in [6, 6.07) is -0.790. The molecule has 0 aliphatic carbocycles. The molecule has 35 heavy (non-hydrogen) atoms. The molecule has 1 saturated heterocycles. The third-order valence-corrected chi connectivity index (χ3v) is 6.36. The zero-order chi connectivity index (χ0) is 26.1. The zero-order valence-corrected chi connectivity index (χ0v) is 21.6. The number of amides is 1. The number of rotatable bonds is 19. The van der Waals surface area contributed by atoms with Gasteiger partial charge < -0.3 is 40.3 Å². The Morgan fingerprint density at radius 3 is 2.23 bits per heavy atom. The van der Waals surface area contributed by atoms with Gasteiger partial charge in [-0.1, -0.05) is 77.4 Å². The second-order valence-corrected chi connectivity index (χ2v) is 9.49. The highest BCUT2D eigenvalue weighted by Crippen LogP contribution is 2.22. The smallest absolute Gasteiger partial charge is 0.220 e. The molecule has 7 unspecified atom stereocenters. The molecule has 0 bridgehead atoms. The normalized spacial score (nSPS) is 26.7. The molecule has 6 N–H and O–H groups in total. The van der Waals surface area contributed by atoms with Crippen LogP contribution in [0.15, 0.2) is 12.2 Å². The van der Waals surface area contributed by atoms with Crippen LogP contribution < -0.4 is 5.32 Å². The molecule has 0 saturated carbocycles. The van der Waals surface area contributed by atoms with Gasteiger partial charge in [-0.3, -0.25) is 4.79 Å². The molecular formula is C26H49NO8. The second kappa shape index (κ2) is 19.1. The number of ether oxygens (including phenoxy) is 2. The van der Waals surface area contributed by atoms with Gasteiger partial charge in [-0.15, -0.1) is 0 Å². The van der Waals surface area contributed by atoms with Crippen LogP contribution in [0.25, 0.3) is 0 Å². The summed E-state index contributed by atoms with van der Waals surface area (Å²) in [7, 11) is 0. The standard InChI is InChI=1S/C26H49NO8/c1-3-5-7-9-10-12-14-16-22(30)27-19(20(29)15-13-11-8-6-4-2)18-34-26-25(33)24(32)23(31)21(17-28)35-26/h13,15,19-21,23-26,28-29,31-33H,3-12,14,16-18H2,1-2H3,(H,27,30)/b15-13+. The van der Waals surface area contributed by atoms with Gasteiger partial charge in [0, 0.05) is 6.42 Å². The Morgan fingerprint density at radius 1 is 0.943 bits per heavy atom. The lowest BCUT2D eigenvalue weighted by atomic mass is 9.99. The van der Waals surface area contributed by atoms with Gasteiger partial charge in [0.2, 0.25) is 5.91 Å². The predicted octanol–water partition coefficient (Wildman–Crippen LogP) is 1.93. The number of nitrogens with one attached hydrogen (secondary N) is 1. The first-order valence-corrected chi connectivity index (χ1v) is 13.4. The van der Waals surface area contributed by atoms with Crippen molar-refractivity contribution in [1.29, 1.82) is 0 Å². The average molecular weight is 504 g/mol. The number of carbonyl (C=O) groups is 1. The van der Waals surface area contributed by atoms with Gasteiger partial charge in [-0.05, 0) is 19.3 Å². The lowest BCUT2D eigenvalue weighted by Gasteiger charge is -2.40. The molecule has 206 valence electrons. The van der Waals surface area contributed by atoms with Crippen molar-refractivity contribution in [2.45, 2.75) is 134 Å². The van der Waals surface area contributed by atoms with Gasteiger partial charge >= 0.3 is 0 Å². The van der Waals surface area contributed by atoms with Crippen LogP contribution in [-0.4, -0.2) is 87.5 Å². The Kier molecular flexibility index (Phi) is 17.4. The summed E-state index contributed by atoms with van der Waals surface area (Å²) >= 11 is 0. The predicted molar refractivity (Wildman–Crippen MR) is 134 cm³/mol. The van der Waals surface area contributed by atoms with E-state index in [-0.39, 0.29) is 12.5 Å². The van der Waals surface area contributed by atoms with Crippen LogP contribution in [-0.2, 0) is 14.3 Å². The molecule has 9 nitrogen and oxygen atoms in total. The quantitative estimate of drug-likeness (QED) is 0.116. The summed E-state index contributed by atoms with van der Waals surface area (Å²) in [5.74, 6) is -0.195. The van der Waals surface area contributed by atoms with E-state index in [2.05, 4.69) is 19.2 Å². The molecule has 1 amide bonds. The van der Waals surface area contributed by atoms with E-state index in [1.165, 1.54) is 25.7 Å². The van der Waals surface area contributed by atoms with Gasteiger partial charge in [-0.25, -0.2) is 0 Å². The maximum absolute atomic E-state index is 12.5. The number of aliphatic hydroxyl groups excluding tert-OH is 5. The summed E-state index contributed by atoms with van der Waals surface area (Å²) < 4.78 is 11.0. The Morgan fingerprint density at radius 2 is 1.57 bits per heavy atom. The fourth-order valence-corrected chi connectivity index (χ4v) is 4.03. The van der Waals surface area contributed by atoms with E-state index in [0.717, 1.165) is 44.9 Å². The minimum atomic E-state index is -1.56. The molecule has 0 spiro atoms. The largest absolute Gasteiger partial charge is 0.394 e. The minimum absolute atomic E-state index is 0.189. The molecule has 0 radical (unpaired) electrons. The van der Waals surface area contributed by atoms with Crippen LogP contribution in [0.5, 0.6) is 0 Å². The fourth-order valence-electron chi connectivity index (χ4n) is 4.03. The lowest BCUT2D eigenvalue weighted by Crippen LogP contribution is -2.60. The van der Waals surface area contributed by atoms with Crippen molar-refractivity contribution in [3.63, 3.8) is 0 Å². The van der Waals surface area contributed by atoms with Crippen LogP contribution >= 0.6 is 0 Å². The molecule has 1 heterocycles. The third kappa shape index (κ3) is 12.6. The van der Waals surface area contributed by atoms with E-state index >= 15 is 0 Å². The molecule has 0 aromatic heterocycles. The molecule has 0 aromatic carbocycles. The molecule has 1 fully saturated rings. The maximum atomic E-state index is 12.5. The van der Waals surface area contributed by atoms with Crippen molar-refractivity contribution in [1.82, 2.24) is 5.32 Å². The van der Waals surface area contributed by atoms with E-state index in [1.54, 1.807) is 6.08 Å². The first-order chi connectivity index (χ1) is 16.8. The molecule has 1 aliphatic heterocycles. The number of aliphatic hydroxyl groups is 5. The summed E-state index contributed by atoms with van der Waals surface area (Å²) in [6.07, 6.45) is 7.53. The first-order valence-electron chi connectivity index (χ1n) is 13.4. The number of carbonyl (C=O) groups excluding carboxylic acids is 1. The molecular weight excluding hydrogens is 454 g/mol. The third-order valence-electron chi connectivity index (χ3n) is 6.36. The van der Waals surface area contributed by atoms with Gasteiger partial charge in [0.15, 0.2) is 6.29 Å². The van der Waals surface area contributed by atoms with Crippen molar-refractivity contribution in [3.05, 3.63) is 12.2 Å². The summed E-state index contributed by atoms with van der Waals surface area (Å²) in [5.41, 5.74) is 0. The SMILES string of the molecule is CCCCC/C=C/C(O)C(COC1OC(CO)C(O)C(O)C1O)NC(=O)CCCCCCCCC. The van der Waals surface area contributed by atoms with E-state index in [4.69, 9.17) is 9.47 Å². The maximum Gasteiger partial charge on any atom is 0.220 e. The van der Waals surface area contributed by atoms with Crippen molar-refractivity contribution in [2.24, 2.45) is 0 Å². The monoisotopic (exact) mass is 503 g/mol. The van der Waals surface area contributed by atoms with Crippen molar-refractivity contribution < 1.29 is 39.8 Å². The van der Waals surface area contributed by atoms with E-state index < -0.39 is 49.5 Å². The molecule has 1 rings (SSSR count). The number of unbranched alkanes of at least 4 members (excludes halogenated alkanes) is 9. The highest BCUT2D eigenvalue weighted by Gasteiger charge is 2.44. The van der Waals surface area contributed by atoms with Gasteiger partial charge in [0.25, 0.3) is 0 Å². The fraction of sp³-hybridized carbons (Fsp3) is 0.885. The van der Waals surface area contributed by atoms with Crippen molar-refractivity contribution in [3.8, 4) is 0 Å². The lowest BCUT2D eigenvalue weighted by molar-refractivity contribution is -0.302. The Balaban J connectivity index is 2.63. The number of hydrogen-bond acceptors (Lipinski definition) is 8. The topological polar surface area (TPSA) is 149 Å². The van der Waals surface area contributed by atoms with E-state index in [9.17, 15) is 30.3 Å². The zero-order valence-electron chi connectivity index (χ0n) is 21.6. The van der Waals surface area contributed by atoms with Gasteiger partial charge in [0.1, 0.15) is 24.4 Å². The van der Waals surface area contributed by atoms with Crippen LogP contribution in [0.2, 0.25) is 0 Å². The molecule has 0 aromatic rings. The Hall–Kier alpha value is -1.07. The minimum Gasteiger partial charge on any atom is -0.394 e. The summed E-state index contributed by atoms with van der Waals surface area (Å²) in [5, 5.41) is 52.9.